The van der Waals surface area contributed by atoms with Crippen LogP contribution in [0.25, 0.3) is 10.9 Å². The Hall–Kier alpha value is -1.61. The van der Waals surface area contributed by atoms with Gasteiger partial charge in [0.2, 0.25) is 0 Å². The number of hydrogen-bond donors (Lipinski definition) is 1. The monoisotopic (exact) mass is 248 g/mol. The first-order valence-electron chi connectivity index (χ1n) is 5.54. The van der Waals surface area contributed by atoms with Crippen molar-refractivity contribution in [2.45, 2.75) is 13.3 Å². The SMILES string of the molecule is CCCNC(=O)c1cnc2cc(Cl)ccc2c1. The number of amides is 1. The van der Waals surface area contributed by atoms with E-state index in [2.05, 4.69) is 10.3 Å². The first-order valence-corrected chi connectivity index (χ1v) is 5.92. The number of carbonyl (C=O) groups excluding carboxylic acids is 1. The molecule has 88 valence electrons. The Balaban J connectivity index is 2.31. The fourth-order valence-electron chi connectivity index (χ4n) is 1.56. The smallest absolute Gasteiger partial charge is 0.252 e. The molecule has 1 aromatic heterocycles. The standard InChI is InChI=1S/C13H13ClN2O/c1-2-5-15-13(17)10-6-9-3-4-11(14)7-12(9)16-8-10/h3-4,6-8H,2,5H2,1H3,(H,15,17). The van der Waals surface area contributed by atoms with Crippen molar-refractivity contribution in [2.75, 3.05) is 6.54 Å². The molecule has 1 aromatic carbocycles. The number of rotatable bonds is 3. The summed E-state index contributed by atoms with van der Waals surface area (Å²) in [6.45, 7) is 2.69. The van der Waals surface area contributed by atoms with E-state index in [1.54, 1.807) is 18.3 Å². The zero-order valence-electron chi connectivity index (χ0n) is 9.53. The average molecular weight is 249 g/mol. The van der Waals surface area contributed by atoms with Gasteiger partial charge in [0.25, 0.3) is 5.91 Å². The number of pyridine rings is 1. The molecule has 0 aliphatic rings. The quantitative estimate of drug-likeness (QED) is 0.907. The van der Waals surface area contributed by atoms with E-state index in [0.717, 1.165) is 17.3 Å². The zero-order valence-corrected chi connectivity index (χ0v) is 10.3. The largest absolute Gasteiger partial charge is 0.352 e. The molecule has 1 heterocycles. The van der Waals surface area contributed by atoms with Crippen LogP contribution in [0.15, 0.2) is 30.5 Å². The van der Waals surface area contributed by atoms with Gasteiger partial charge in [0, 0.05) is 23.2 Å². The number of hydrogen-bond acceptors (Lipinski definition) is 2. The maximum absolute atomic E-state index is 11.7. The highest BCUT2D eigenvalue weighted by Gasteiger charge is 2.06. The van der Waals surface area contributed by atoms with Crippen LogP contribution in [0, 0.1) is 0 Å². The summed E-state index contributed by atoms with van der Waals surface area (Å²) in [5.74, 6) is -0.0869. The summed E-state index contributed by atoms with van der Waals surface area (Å²) in [7, 11) is 0. The predicted molar refractivity (Wildman–Crippen MR) is 69.4 cm³/mol. The Labute approximate surface area is 105 Å². The Bertz CT molecular complexity index is 554. The van der Waals surface area contributed by atoms with Crippen LogP contribution in [0.1, 0.15) is 23.7 Å². The molecule has 0 saturated heterocycles. The molecule has 3 nitrogen and oxygen atoms in total. The lowest BCUT2D eigenvalue weighted by Gasteiger charge is -2.04. The lowest BCUT2D eigenvalue weighted by Crippen LogP contribution is -2.24. The number of carbonyl (C=O) groups is 1. The van der Waals surface area contributed by atoms with E-state index in [0.29, 0.717) is 17.1 Å². The van der Waals surface area contributed by atoms with Crippen LogP contribution in [0.5, 0.6) is 0 Å². The molecule has 0 aliphatic carbocycles. The molecule has 4 heteroatoms. The van der Waals surface area contributed by atoms with Crippen molar-refractivity contribution in [1.82, 2.24) is 10.3 Å². The van der Waals surface area contributed by atoms with Crippen LogP contribution in [0.4, 0.5) is 0 Å². The summed E-state index contributed by atoms with van der Waals surface area (Å²) in [6, 6.07) is 7.26. The van der Waals surface area contributed by atoms with Gasteiger partial charge in [-0.1, -0.05) is 24.6 Å². The molecule has 1 amide bonds. The maximum Gasteiger partial charge on any atom is 0.252 e. The van der Waals surface area contributed by atoms with Gasteiger partial charge >= 0.3 is 0 Å². The van der Waals surface area contributed by atoms with Crippen LogP contribution in [-0.4, -0.2) is 17.4 Å². The second kappa shape index (κ2) is 5.15. The molecule has 2 rings (SSSR count). The van der Waals surface area contributed by atoms with E-state index in [1.807, 2.05) is 19.1 Å². The highest BCUT2D eigenvalue weighted by molar-refractivity contribution is 6.31. The van der Waals surface area contributed by atoms with Crippen molar-refractivity contribution in [2.24, 2.45) is 0 Å². The van der Waals surface area contributed by atoms with E-state index in [9.17, 15) is 4.79 Å². The average Bonchev–Trinajstić information content (AvgIpc) is 2.35. The highest BCUT2D eigenvalue weighted by atomic mass is 35.5. The van der Waals surface area contributed by atoms with Crippen LogP contribution >= 0.6 is 11.6 Å². The minimum Gasteiger partial charge on any atom is -0.352 e. The van der Waals surface area contributed by atoms with Gasteiger partial charge in [0.15, 0.2) is 0 Å². The van der Waals surface area contributed by atoms with Gasteiger partial charge < -0.3 is 5.32 Å². The minimum atomic E-state index is -0.0869. The molecule has 0 atom stereocenters. The second-order valence-electron chi connectivity index (χ2n) is 3.82. The summed E-state index contributed by atoms with van der Waals surface area (Å²) in [5, 5.41) is 4.38. The number of nitrogens with zero attached hydrogens (tertiary/aromatic N) is 1. The fourth-order valence-corrected chi connectivity index (χ4v) is 1.73. The third-order valence-corrected chi connectivity index (χ3v) is 2.68. The van der Waals surface area contributed by atoms with Gasteiger partial charge in [-0.2, -0.15) is 0 Å². The van der Waals surface area contributed by atoms with E-state index < -0.39 is 0 Å². The summed E-state index contributed by atoms with van der Waals surface area (Å²) in [6.07, 6.45) is 2.49. The van der Waals surface area contributed by atoms with E-state index in [-0.39, 0.29) is 5.91 Å². The molecule has 2 aromatic rings. The summed E-state index contributed by atoms with van der Waals surface area (Å²) in [4.78, 5) is 16.0. The number of fused-ring (bicyclic) bond motifs is 1. The number of benzene rings is 1. The third-order valence-electron chi connectivity index (χ3n) is 2.44. The molecule has 0 bridgehead atoms. The molecule has 1 N–H and O–H groups in total. The van der Waals surface area contributed by atoms with Crippen molar-refractivity contribution in [1.29, 1.82) is 0 Å². The van der Waals surface area contributed by atoms with Crippen LogP contribution in [0.2, 0.25) is 5.02 Å². The lowest BCUT2D eigenvalue weighted by atomic mass is 10.1. The predicted octanol–water partition coefficient (Wildman–Crippen LogP) is 3.03. The van der Waals surface area contributed by atoms with Gasteiger partial charge in [0.1, 0.15) is 0 Å². The molecule has 0 unspecified atom stereocenters. The topological polar surface area (TPSA) is 42.0 Å². The first kappa shape index (κ1) is 11.9. The number of aromatic nitrogens is 1. The van der Waals surface area contributed by atoms with Crippen LogP contribution in [0.3, 0.4) is 0 Å². The highest BCUT2D eigenvalue weighted by Crippen LogP contribution is 2.18. The summed E-state index contributed by atoms with van der Waals surface area (Å²) >= 11 is 5.87. The van der Waals surface area contributed by atoms with Gasteiger partial charge in [-0.05, 0) is 24.6 Å². The molecule has 0 aliphatic heterocycles. The van der Waals surface area contributed by atoms with Gasteiger partial charge in [-0.15, -0.1) is 0 Å². The number of halogens is 1. The Morgan fingerprint density at radius 2 is 2.24 bits per heavy atom. The van der Waals surface area contributed by atoms with Crippen molar-refractivity contribution < 1.29 is 4.79 Å². The van der Waals surface area contributed by atoms with Crippen LogP contribution in [-0.2, 0) is 0 Å². The molecular formula is C13H13ClN2O. The normalized spacial score (nSPS) is 10.5. The summed E-state index contributed by atoms with van der Waals surface area (Å²) < 4.78 is 0. The first-order chi connectivity index (χ1) is 8.20. The molecule has 0 radical (unpaired) electrons. The van der Waals surface area contributed by atoms with Crippen LogP contribution < -0.4 is 5.32 Å². The summed E-state index contributed by atoms with van der Waals surface area (Å²) in [5.41, 5.74) is 1.37. The third kappa shape index (κ3) is 2.74. The van der Waals surface area contributed by atoms with E-state index in [1.165, 1.54) is 0 Å². The fraction of sp³-hybridized carbons (Fsp3) is 0.231. The minimum absolute atomic E-state index is 0.0869. The van der Waals surface area contributed by atoms with Crippen molar-refractivity contribution in [3.8, 4) is 0 Å². The zero-order chi connectivity index (χ0) is 12.3. The van der Waals surface area contributed by atoms with E-state index in [4.69, 9.17) is 11.6 Å². The van der Waals surface area contributed by atoms with Gasteiger partial charge in [-0.3, -0.25) is 9.78 Å². The molecule has 0 saturated carbocycles. The second-order valence-corrected chi connectivity index (χ2v) is 4.25. The van der Waals surface area contributed by atoms with E-state index >= 15 is 0 Å². The van der Waals surface area contributed by atoms with Gasteiger partial charge in [-0.25, -0.2) is 0 Å². The molecular weight excluding hydrogens is 236 g/mol. The van der Waals surface area contributed by atoms with Gasteiger partial charge in [0.05, 0.1) is 11.1 Å². The van der Waals surface area contributed by atoms with Crippen molar-refractivity contribution >= 4 is 28.4 Å². The number of nitrogens with one attached hydrogen (secondary N) is 1. The molecule has 0 fully saturated rings. The molecule has 0 spiro atoms. The maximum atomic E-state index is 11.7. The van der Waals surface area contributed by atoms with Crippen molar-refractivity contribution in [3.05, 3.63) is 41.0 Å². The Morgan fingerprint density at radius 1 is 1.41 bits per heavy atom. The van der Waals surface area contributed by atoms with Crippen molar-refractivity contribution in [3.63, 3.8) is 0 Å². The lowest BCUT2D eigenvalue weighted by molar-refractivity contribution is 0.0953. The molecule has 17 heavy (non-hydrogen) atoms. The Kier molecular flexibility index (Phi) is 3.59. The Morgan fingerprint density at radius 3 is 3.00 bits per heavy atom.